The Morgan fingerprint density at radius 3 is 2.82 bits per heavy atom. The van der Waals surface area contributed by atoms with E-state index in [0.717, 1.165) is 37.6 Å². The maximum Gasteiger partial charge on any atom is 0.240 e. The van der Waals surface area contributed by atoms with Gasteiger partial charge in [0.1, 0.15) is 0 Å². The van der Waals surface area contributed by atoms with Gasteiger partial charge in [-0.15, -0.1) is 0 Å². The van der Waals surface area contributed by atoms with E-state index in [9.17, 15) is 4.79 Å². The lowest BCUT2D eigenvalue weighted by atomic mass is 9.90. The van der Waals surface area contributed by atoms with Gasteiger partial charge in [0.25, 0.3) is 0 Å². The van der Waals surface area contributed by atoms with Crippen LogP contribution in [0, 0.1) is 11.8 Å². The van der Waals surface area contributed by atoms with E-state index < -0.39 is 0 Å². The van der Waals surface area contributed by atoms with E-state index >= 15 is 0 Å². The normalized spacial score (nSPS) is 44.2. The van der Waals surface area contributed by atoms with Crippen LogP contribution in [0.2, 0.25) is 0 Å². The molecule has 2 N–H and O–H groups in total. The zero-order valence-electron chi connectivity index (χ0n) is 10.8. The lowest BCUT2D eigenvalue weighted by molar-refractivity contribution is -0.128. The molecule has 1 saturated heterocycles. The molecule has 3 nitrogen and oxygen atoms in total. The van der Waals surface area contributed by atoms with Crippen LogP contribution in [0.4, 0.5) is 0 Å². The van der Waals surface area contributed by atoms with E-state index in [-0.39, 0.29) is 11.4 Å². The fraction of sp³-hybridized carbons (Fsp3) is 0.929. The third kappa shape index (κ3) is 1.88. The molecule has 3 fully saturated rings. The first-order chi connectivity index (χ1) is 8.23. The van der Waals surface area contributed by atoms with E-state index in [1.54, 1.807) is 0 Å². The summed E-state index contributed by atoms with van der Waals surface area (Å²) in [5.41, 5.74) is -0.248. The highest BCUT2D eigenvalue weighted by Crippen LogP contribution is 2.44. The van der Waals surface area contributed by atoms with Crippen molar-refractivity contribution in [3.8, 4) is 0 Å². The number of carbonyl (C=O) groups is 1. The number of amides is 1. The summed E-state index contributed by atoms with van der Waals surface area (Å²) in [6, 6.07) is 0.479. The first kappa shape index (κ1) is 11.5. The highest BCUT2D eigenvalue weighted by atomic mass is 16.2. The second-order valence-corrected chi connectivity index (χ2v) is 6.22. The molecular weight excluding hydrogens is 212 g/mol. The lowest BCUT2D eigenvalue weighted by Gasteiger charge is -2.31. The van der Waals surface area contributed by atoms with E-state index in [4.69, 9.17) is 0 Å². The van der Waals surface area contributed by atoms with Crippen LogP contribution in [0.5, 0.6) is 0 Å². The molecule has 3 heteroatoms. The average molecular weight is 236 g/mol. The van der Waals surface area contributed by atoms with Gasteiger partial charge in [-0.1, -0.05) is 13.3 Å². The van der Waals surface area contributed by atoms with Gasteiger partial charge >= 0.3 is 0 Å². The summed E-state index contributed by atoms with van der Waals surface area (Å²) < 4.78 is 0. The van der Waals surface area contributed by atoms with Crippen LogP contribution >= 0.6 is 0 Å². The first-order valence-electron chi connectivity index (χ1n) is 7.29. The third-order valence-corrected chi connectivity index (χ3v) is 5.34. The molecule has 4 unspecified atom stereocenters. The van der Waals surface area contributed by atoms with Crippen molar-refractivity contribution < 1.29 is 4.79 Å². The molecule has 4 atom stereocenters. The molecule has 0 spiro atoms. The molecular formula is C14H24N2O. The monoisotopic (exact) mass is 236 g/mol. The van der Waals surface area contributed by atoms with Gasteiger partial charge in [0, 0.05) is 6.04 Å². The van der Waals surface area contributed by atoms with Crippen molar-refractivity contribution in [2.45, 2.75) is 63.5 Å². The van der Waals surface area contributed by atoms with Crippen LogP contribution in [0.3, 0.4) is 0 Å². The molecule has 0 radical (unpaired) electrons. The standard InChI is InChI=1S/C14H24N2O/c1-2-14(6-3-7-15-14)13(17)16-12-9-10-4-5-11(12)8-10/h10-12,15H,2-9H2,1H3,(H,16,17). The average Bonchev–Trinajstić information content (AvgIpc) is 3.05. The molecule has 2 aliphatic carbocycles. The van der Waals surface area contributed by atoms with E-state index in [1.165, 1.54) is 25.7 Å². The van der Waals surface area contributed by atoms with Gasteiger partial charge in [-0.05, 0) is 56.9 Å². The van der Waals surface area contributed by atoms with E-state index in [2.05, 4.69) is 17.6 Å². The second kappa shape index (κ2) is 4.27. The summed E-state index contributed by atoms with van der Waals surface area (Å²) in [7, 11) is 0. The van der Waals surface area contributed by atoms with Gasteiger partial charge in [-0.25, -0.2) is 0 Å². The zero-order chi connectivity index (χ0) is 11.9. The number of rotatable bonds is 3. The highest BCUT2D eigenvalue weighted by molar-refractivity contribution is 5.87. The van der Waals surface area contributed by atoms with Gasteiger partial charge in [0.15, 0.2) is 0 Å². The number of hydrogen-bond acceptors (Lipinski definition) is 2. The maximum atomic E-state index is 12.5. The van der Waals surface area contributed by atoms with Crippen molar-refractivity contribution in [1.29, 1.82) is 0 Å². The van der Waals surface area contributed by atoms with Crippen molar-refractivity contribution in [3.05, 3.63) is 0 Å². The number of fused-ring (bicyclic) bond motifs is 2. The summed E-state index contributed by atoms with van der Waals surface area (Å²) >= 11 is 0. The molecule has 2 saturated carbocycles. The molecule has 0 aromatic heterocycles. The number of hydrogen-bond donors (Lipinski definition) is 2. The minimum atomic E-state index is -0.248. The molecule has 1 aliphatic heterocycles. The van der Waals surface area contributed by atoms with Gasteiger partial charge in [0.05, 0.1) is 5.54 Å². The Bertz CT molecular complexity index is 309. The Kier molecular flexibility index (Phi) is 2.89. The fourth-order valence-corrected chi connectivity index (χ4v) is 4.19. The van der Waals surface area contributed by atoms with Crippen molar-refractivity contribution in [2.24, 2.45) is 11.8 Å². The lowest BCUT2D eigenvalue weighted by Crippen LogP contribution is -2.56. The summed E-state index contributed by atoms with van der Waals surface area (Å²) in [6.07, 6.45) is 8.39. The SMILES string of the molecule is CCC1(C(=O)NC2CC3CCC2C3)CCCN1. The zero-order valence-corrected chi connectivity index (χ0v) is 10.8. The van der Waals surface area contributed by atoms with Crippen molar-refractivity contribution in [2.75, 3.05) is 6.54 Å². The number of nitrogens with one attached hydrogen (secondary N) is 2. The topological polar surface area (TPSA) is 41.1 Å². The summed E-state index contributed by atoms with van der Waals surface area (Å²) in [5, 5.41) is 6.77. The minimum absolute atomic E-state index is 0.248. The quantitative estimate of drug-likeness (QED) is 0.785. The number of carbonyl (C=O) groups excluding carboxylic acids is 1. The van der Waals surface area contributed by atoms with Crippen LogP contribution in [-0.2, 0) is 4.79 Å². The van der Waals surface area contributed by atoms with Gasteiger partial charge < -0.3 is 10.6 Å². The van der Waals surface area contributed by atoms with Gasteiger partial charge in [0.2, 0.25) is 5.91 Å². The molecule has 3 aliphatic rings. The minimum Gasteiger partial charge on any atom is -0.351 e. The van der Waals surface area contributed by atoms with Gasteiger partial charge in [-0.3, -0.25) is 4.79 Å². The summed E-state index contributed by atoms with van der Waals surface area (Å²) in [4.78, 5) is 12.5. The molecule has 2 bridgehead atoms. The molecule has 1 amide bonds. The molecule has 96 valence electrons. The van der Waals surface area contributed by atoms with Gasteiger partial charge in [-0.2, -0.15) is 0 Å². The third-order valence-electron chi connectivity index (χ3n) is 5.34. The van der Waals surface area contributed by atoms with Crippen LogP contribution < -0.4 is 10.6 Å². The predicted octanol–water partition coefficient (Wildman–Crippen LogP) is 1.82. The smallest absolute Gasteiger partial charge is 0.240 e. The molecule has 17 heavy (non-hydrogen) atoms. The van der Waals surface area contributed by atoms with Crippen molar-refractivity contribution >= 4 is 5.91 Å². The van der Waals surface area contributed by atoms with Crippen molar-refractivity contribution in [3.63, 3.8) is 0 Å². The fourth-order valence-electron chi connectivity index (χ4n) is 4.19. The Balaban J connectivity index is 1.63. The Hall–Kier alpha value is -0.570. The molecule has 1 heterocycles. The molecule has 3 rings (SSSR count). The largest absolute Gasteiger partial charge is 0.351 e. The first-order valence-corrected chi connectivity index (χ1v) is 7.29. The van der Waals surface area contributed by atoms with Crippen LogP contribution in [0.1, 0.15) is 51.9 Å². The van der Waals surface area contributed by atoms with Crippen molar-refractivity contribution in [1.82, 2.24) is 10.6 Å². The Labute approximate surface area is 104 Å². The highest BCUT2D eigenvalue weighted by Gasteiger charge is 2.44. The van der Waals surface area contributed by atoms with E-state index in [0.29, 0.717) is 6.04 Å². The van der Waals surface area contributed by atoms with Crippen LogP contribution in [0.25, 0.3) is 0 Å². The molecule has 0 aromatic carbocycles. The predicted molar refractivity (Wildman–Crippen MR) is 67.6 cm³/mol. The molecule has 0 aromatic rings. The summed E-state index contributed by atoms with van der Waals surface area (Å²) in [6.45, 7) is 3.12. The van der Waals surface area contributed by atoms with Crippen LogP contribution in [0.15, 0.2) is 0 Å². The Morgan fingerprint density at radius 1 is 1.41 bits per heavy atom. The second-order valence-electron chi connectivity index (χ2n) is 6.22. The summed E-state index contributed by atoms with van der Waals surface area (Å²) in [5.74, 6) is 1.95. The van der Waals surface area contributed by atoms with Crippen LogP contribution in [-0.4, -0.2) is 24.0 Å². The van der Waals surface area contributed by atoms with E-state index in [1.807, 2.05) is 0 Å². The maximum absolute atomic E-state index is 12.5. The Morgan fingerprint density at radius 2 is 2.29 bits per heavy atom.